The van der Waals surface area contributed by atoms with Crippen molar-refractivity contribution in [2.75, 3.05) is 19.8 Å². The molecule has 0 saturated heterocycles. The predicted octanol–water partition coefficient (Wildman–Crippen LogP) is 2.63. The van der Waals surface area contributed by atoms with E-state index in [0.29, 0.717) is 25.2 Å². The largest absolute Gasteiger partial charge is 0.490 e. The van der Waals surface area contributed by atoms with Crippen molar-refractivity contribution in [3.63, 3.8) is 0 Å². The molecule has 0 unspecified atom stereocenters. The molecule has 1 N–H and O–H groups in total. The highest BCUT2D eigenvalue weighted by Gasteiger charge is 1.99. The molecular weight excluding hydrogens is 240 g/mol. The lowest BCUT2D eigenvalue weighted by atomic mass is 10.2. The van der Waals surface area contributed by atoms with Crippen LogP contribution in [-0.2, 0) is 11.3 Å². The molecule has 4 heteroatoms. The summed E-state index contributed by atoms with van der Waals surface area (Å²) in [5.41, 5.74) is 1.03. The smallest absolute Gasteiger partial charge is 0.137 e. The third kappa shape index (κ3) is 7.80. The number of ether oxygens (including phenoxy) is 2. The van der Waals surface area contributed by atoms with E-state index in [1.54, 1.807) is 6.20 Å². The lowest BCUT2D eigenvalue weighted by Gasteiger charge is -2.10. The lowest BCUT2D eigenvalue weighted by molar-refractivity contribution is 0.0818. The van der Waals surface area contributed by atoms with E-state index in [2.05, 4.69) is 38.0 Å². The molecule has 0 spiro atoms. The van der Waals surface area contributed by atoms with Crippen LogP contribution in [0.1, 0.15) is 33.4 Å². The maximum atomic E-state index is 5.56. The van der Waals surface area contributed by atoms with Crippen LogP contribution in [-0.4, -0.2) is 30.8 Å². The van der Waals surface area contributed by atoms with Gasteiger partial charge in [0, 0.05) is 19.2 Å². The van der Waals surface area contributed by atoms with Gasteiger partial charge in [-0.25, -0.2) is 0 Å². The quantitative estimate of drug-likeness (QED) is 0.698. The summed E-state index contributed by atoms with van der Waals surface area (Å²) in [6.07, 6.45) is 1.76. The van der Waals surface area contributed by atoms with Crippen LogP contribution in [0.25, 0.3) is 0 Å². The molecule has 0 fully saturated rings. The Labute approximate surface area is 116 Å². The van der Waals surface area contributed by atoms with Crippen LogP contribution in [0.2, 0.25) is 0 Å². The number of aromatic nitrogens is 1. The van der Waals surface area contributed by atoms with Gasteiger partial charge in [0.05, 0.1) is 18.5 Å². The van der Waals surface area contributed by atoms with Gasteiger partial charge in [-0.2, -0.15) is 0 Å². The minimum atomic E-state index is 0.468. The Hall–Kier alpha value is -1.13. The highest BCUT2D eigenvalue weighted by Crippen LogP contribution is 2.09. The van der Waals surface area contributed by atoms with Crippen LogP contribution in [0.4, 0.5) is 0 Å². The van der Waals surface area contributed by atoms with Gasteiger partial charge >= 0.3 is 0 Å². The van der Waals surface area contributed by atoms with Crippen LogP contribution < -0.4 is 10.1 Å². The van der Waals surface area contributed by atoms with Crippen molar-refractivity contribution in [2.45, 2.75) is 40.3 Å². The average Bonchev–Trinajstić information content (AvgIpc) is 2.37. The van der Waals surface area contributed by atoms with Crippen LogP contribution in [0, 0.1) is 5.92 Å². The zero-order valence-electron chi connectivity index (χ0n) is 12.5. The van der Waals surface area contributed by atoms with Crippen LogP contribution in [0.15, 0.2) is 18.3 Å². The molecular formula is C15H26N2O2. The number of nitrogens with zero attached hydrogens (tertiary/aromatic N) is 1. The van der Waals surface area contributed by atoms with Crippen LogP contribution >= 0.6 is 0 Å². The van der Waals surface area contributed by atoms with E-state index in [0.717, 1.165) is 24.6 Å². The van der Waals surface area contributed by atoms with Crippen molar-refractivity contribution in [3.8, 4) is 5.75 Å². The van der Waals surface area contributed by atoms with Gasteiger partial charge in [0.15, 0.2) is 0 Å². The molecule has 0 atom stereocenters. The monoisotopic (exact) mass is 266 g/mol. The molecule has 0 bridgehead atoms. The minimum absolute atomic E-state index is 0.468. The summed E-state index contributed by atoms with van der Waals surface area (Å²) in [6.45, 7) is 11.3. The Bertz CT molecular complexity index is 337. The number of hydrogen-bond donors (Lipinski definition) is 1. The molecule has 0 radical (unpaired) electrons. The van der Waals surface area contributed by atoms with E-state index in [9.17, 15) is 0 Å². The second kappa shape index (κ2) is 8.88. The maximum Gasteiger partial charge on any atom is 0.137 e. The second-order valence-electron chi connectivity index (χ2n) is 5.34. The molecule has 1 heterocycles. The lowest BCUT2D eigenvalue weighted by Crippen LogP contribution is -2.22. The molecule has 19 heavy (non-hydrogen) atoms. The first kappa shape index (κ1) is 15.9. The van der Waals surface area contributed by atoms with Gasteiger partial charge in [-0.15, -0.1) is 0 Å². The van der Waals surface area contributed by atoms with Crippen LogP contribution in [0.5, 0.6) is 5.75 Å². The predicted molar refractivity (Wildman–Crippen MR) is 77.4 cm³/mol. The molecule has 0 aromatic carbocycles. The highest BCUT2D eigenvalue weighted by molar-refractivity contribution is 5.19. The molecule has 0 aliphatic carbocycles. The Kier molecular flexibility index (Phi) is 7.45. The Morgan fingerprint density at radius 2 is 1.95 bits per heavy atom. The molecule has 1 rings (SSSR count). The van der Waals surface area contributed by atoms with E-state index < -0.39 is 0 Å². The molecule has 108 valence electrons. The minimum Gasteiger partial charge on any atom is -0.490 e. The van der Waals surface area contributed by atoms with Crippen LogP contribution in [0.3, 0.4) is 0 Å². The van der Waals surface area contributed by atoms with Crippen molar-refractivity contribution in [1.82, 2.24) is 10.3 Å². The van der Waals surface area contributed by atoms with E-state index >= 15 is 0 Å². The zero-order valence-corrected chi connectivity index (χ0v) is 12.5. The molecule has 0 saturated carbocycles. The van der Waals surface area contributed by atoms with Gasteiger partial charge in [0.1, 0.15) is 12.4 Å². The van der Waals surface area contributed by atoms with E-state index in [1.807, 2.05) is 12.1 Å². The van der Waals surface area contributed by atoms with Crippen molar-refractivity contribution >= 4 is 0 Å². The zero-order chi connectivity index (χ0) is 14.1. The fraction of sp³-hybridized carbons (Fsp3) is 0.667. The first-order chi connectivity index (χ1) is 9.08. The van der Waals surface area contributed by atoms with Gasteiger partial charge in [-0.3, -0.25) is 4.98 Å². The third-order valence-electron chi connectivity index (χ3n) is 2.44. The molecule has 4 nitrogen and oxygen atoms in total. The fourth-order valence-electron chi connectivity index (χ4n) is 1.45. The first-order valence-electron chi connectivity index (χ1n) is 6.96. The molecule has 1 aromatic rings. The van der Waals surface area contributed by atoms with Gasteiger partial charge in [-0.1, -0.05) is 27.7 Å². The van der Waals surface area contributed by atoms with Crippen molar-refractivity contribution in [3.05, 3.63) is 24.0 Å². The highest BCUT2D eigenvalue weighted by atomic mass is 16.5. The summed E-state index contributed by atoms with van der Waals surface area (Å²) in [5, 5.41) is 3.33. The van der Waals surface area contributed by atoms with Crippen molar-refractivity contribution < 1.29 is 9.47 Å². The Morgan fingerprint density at radius 1 is 1.16 bits per heavy atom. The summed E-state index contributed by atoms with van der Waals surface area (Å²) in [7, 11) is 0. The number of rotatable bonds is 9. The Balaban J connectivity index is 2.20. The maximum absolute atomic E-state index is 5.56. The van der Waals surface area contributed by atoms with Gasteiger partial charge in [0.2, 0.25) is 0 Å². The number of hydrogen-bond acceptors (Lipinski definition) is 4. The topological polar surface area (TPSA) is 43.4 Å². The summed E-state index contributed by atoms with van der Waals surface area (Å²) >= 11 is 0. The summed E-state index contributed by atoms with van der Waals surface area (Å²) in [6, 6.07) is 4.41. The second-order valence-corrected chi connectivity index (χ2v) is 5.34. The molecule has 1 aromatic heterocycles. The summed E-state index contributed by atoms with van der Waals surface area (Å²) < 4.78 is 11.0. The van der Waals surface area contributed by atoms with E-state index in [4.69, 9.17) is 9.47 Å². The fourth-order valence-corrected chi connectivity index (χ4v) is 1.45. The van der Waals surface area contributed by atoms with Gasteiger partial charge in [-0.05, 0) is 18.1 Å². The standard InChI is InChI=1S/C15H26N2O2/c1-12(2)11-18-7-8-19-15-6-5-14(17-10-15)9-16-13(3)4/h5-6,10,12-13,16H,7-9,11H2,1-4H3. The molecule has 0 aliphatic rings. The molecule has 0 amide bonds. The summed E-state index contributed by atoms with van der Waals surface area (Å²) in [5.74, 6) is 1.36. The third-order valence-corrected chi connectivity index (χ3v) is 2.44. The number of nitrogens with one attached hydrogen (secondary N) is 1. The van der Waals surface area contributed by atoms with E-state index in [1.165, 1.54) is 0 Å². The SMILES string of the molecule is CC(C)COCCOc1ccc(CNC(C)C)nc1. The van der Waals surface area contributed by atoms with Gasteiger partial charge < -0.3 is 14.8 Å². The summed E-state index contributed by atoms with van der Waals surface area (Å²) in [4.78, 5) is 4.35. The first-order valence-corrected chi connectivity index (χ1v) is 6.96. The molecule has 0 aliphatic heterocycles. The normalized spacial score (nSPS) is 11.3. The Morgan fingerprint density at radius 3 is 2.53 bits per heavy atom. The average molecular weight is 266 g/mol. The van der Waals surface area contributed by atoms with Gasteiger partial charge in [0.25, 0.3) is 0 Å². The van der Waals surface area contributed by atoms with Crippen molar-refractivity contribution in [1.29, 1.82) is 0 Å². The van der Waals surface area contributed by atoms with Crippen molar-refractivity contribution in [2.24, 2.45) is 5.92 Å². The van der Waals surface area contributed by atoms with E-state index in [-0.39, 0.29) is 0 Å². The number of pyridine rings is 1.